The number of aryl methyl sites for hydroxylation is 1. The van der Waals surface area contributed by atoms with E-state index in [1.807, 2.05) is 12.1 Å². The van der Waals surface area contributed by atoms with Gasteiger partial charge in [0, 0.05) is 12.5 Å². The topological polar surface area (TPSA) is 94.5 Å². The summed E-state index contributed by atoms with van der Waals surface area (Å²) in [4.78, 5) is 33.2. The molecule has 7 atom stereocenters. The van der Waals surface area contributed by atoms with Gasteiger partial charge >= 0.3 is 13.3 Å². The number of anilines is 1. The molecule has 1 amide bonds. The maximum absolute atomic E-state index is 14.5. The molecule has 4 aromatic rings. The van der Waals surface area contributed by atoms with E-state index < -0.39 is 42.0 Å². The van der Waals surface area contributed by atoms with E-state index >= 15 is 0 Å². The molecule has 5 aliphatic rings. The molecule has 9 rings (SSSR count). The van der Waals surface area contributed by atoms with Gasteiger partial charge in [-0.3, -0.25) is 14.2 Å². The number of carbonyl (C=O) groups excluding carboxylic acids is 1. The fourth-order valence-electron chi connectivity index (χ4n) is 10.0. The fourth-order valence-corrected chi connectivity index (χ4v) is 10.4. The zero-order valence-electron chi connectivity index (χ0n) is 31.9. The minimum atomic E-state index is -4.51. The number of alkyl halides is 3. The Morgan fingerprint density at radius 2 is 1.86 bits per heavy atom. The van der Waals surface area contributed by atoms with Crippen LogP contribution in [0.4, 0.5) is 19.0 Å². The predicted molar refractivity (Wildman–Crippen MR) is 212 cm³/mol. The molecular weight excluding hydrogens is 740 g/mol. The molecule has 2 N–H and O–H groups in total. The van der Waals surface area contributed by atoms with Crippen molar-refractivity contribution < 1.29 is 27.3 Å². The predicted octanol–water partition coefficient (Wildman–Crippen LogP) is 9.06. The number of fused-ring (bicyclic) bond motifs is 2. The quantitative estimate of drug-likeness (QED) is 0.110. The minimum absolute atomic E-state index is 0.0749. The summed E-state index contributed by atoms with van der Waals surface area (Å²) >= 11 is 6.88. The van der Waals surface area contributed by atoms with Gasteiger partial charge in [-0.15, -0.1) is 6.58 Å². The molecule has 1 saturated heterocycles. The molecule has 1 aromatic heterocycles. The minimum Gasteiger partial charge on any atom is -0.404 e. The first-order valence-corrected chi connectivity index (χ1v) is 20.0. The van der Waals surface area contributed by atoms with E-state index in [0.717, 1.165) is 43.2 Å². The summed E-state index contributed by atoms with van der Waals surface area (Å²) in [6.45, 7) is 10.6. The van der Waals surface area contributed by atoms with Crippen LogP contribution in [0.1, 0.15) is 93.6 Å². The van der Waals surface area contributed by atoms with Crippen molar-refractivity contribution in [3.8, 4) is 0 Å². The number of benzene rings is 3. The van der Waals surface area contributed by atoms with Gasteiger partial charge in [0.15, 0.2) is 11.0 Å². The Balaban J connectivity index is 1.05. The number of amides is 1. The summed E-state index contributed by atoms with van der Waals surface area (Å²) in [5, 5.41) is 8.48. The average Bonchev–Trinajstić information content (AvgIpc) is 3.74. The number of nitrogens with one attached hydrogen (secondary N) is 2. The molecule has 3 aliphatic carbocycles. The molecule has 3 aromatic carbocycles. The smallest absolute Gasteiger partial charge is 0.404 e. The second-order valence-electron chi connectivity index (χ2n) is 16.9. The third kappa shape index (κ3) is 6.96. The van der Waals surface area contributed by atoms with Crippen LogP contribution in [0.5, 0.6) is 0 Å². The van der Waals surface area contributed by atoms with Crippen LogP contribution in [0.15, 0.2) is 84.2 Å². The van der Waals surface area contributed by atoms with E-state index in [2.05, 4.69) is 73.3 Å². The van der Waals surface area contributed by atoms with Gasteiger partial charge in [-0.05, 0) is 103 Å². The molecule has 2 bridgehead atoms. The highest BCUT2D eigenvalue weighted by molar-refractivity contribution is 6.48. The molecule has 0 spiro atoms. The van der Waals surface area contributed by atoms with Crippen molar-refractivity contribution in [3.05, 3.63) is 117 Å². The maximum atomic E-state index is 14.5. The van der Waals surface area contributed by atoms with Gasteiger partial charge < -0.3 is 19.9 Å². The van der Waals surface area contributed by atoms with E-state index in [9.17, 15) is 22.8 Å². The first-order chi connectivity index (χ1) is 26.7. The van der Waals surface area contributed by atoms with Crippen molar-refractivity contribution in [2.45, 2.75) is 108 Å². The number of halogens is 4. The molecule has 2 aliphatic heterocycles. The molecule has 3 saturated carbocycles. The molecule has 294 valence electrons. The van der Waals surface area contributed by atoms with Crippen molar-refractivity contribution in [1.29, 1.82) is 0 Å². The van der Waals surface area contributed by atoms with Gasteiger partial charge in [0.2, 0.25) is 5.91 Å². The van der Waals surface area contributed by atoms with Gasteiger partial charge in [0.1, 0.15) is 6.04 Å². The molecule has 8 nitrogen and oxygen atoms in total. The summed E-state index contributed by atoms with van der Waals surface area (Å²) in [7, 11) is -0.692. The normalized spacial score (nSPS) is 26.6. The fraction of sp³-hybridized carbons (Fsp3) is 0.465. The standard InChI is InChI=1S/C43H47BClF3N4O4/c1-5-10-35(44-55-34-23-31-22-33(41(31,2)3)42(34,4)56-44)50-39(53)32-21-29(15-8-11-25-17-18-27-13-6-7-14-28(27)19-25)36-37(45)51-38(40(54)52(32)36)49-24-26-12-9-16-30(20-26)43(46,47)48/h5-7,9,12-14,16-20,29,31-35H,1,8,10-11,15,21-24H2,2-4H3,(H,49,51)(H,50,53)/t29-,31?,32-,33?,34?,35-,42+/m0/s1. The van der Waals surface area contributed by atoms with Crippen molar-refractivity contribution in [1.82, 2.24) is 14.9 Å². The molecule has 3 heterocycles. The highest BCUT2D eigenvalue weighted by atomic mass is 35.5. The average molecular weight is 787 g/mol. The lowest BCUT2D eigenvalue weighted by Crippen LogP contribution is -2.65. The monoisotopic (exact) mass is 786 g/mol. The summed E-state index contributed by atoms with van der Waals surface area (Å²) < 4.78 is 55.0. The highest BCUT2D eigenvalue weighted by Gasteiger charge is 2.68. The summed E-state index contributed by atoms with van der Waals surface area (Å²) in [6, 6.07) is 18.6. The van der Waals surface area contributed by atoms with Crippen LogP contribution < -0.4 is 16.2 Å². The molecule has 3 unspecified atom stereocenters. The number of nitrogens with zero attached hydrogens (tertiary/aromatic N) is 2. The van der Waals surface area contributed by atoms with E-state index in [4.69, 9.17) is 20.9 Å². The number of carbonyl (C=O) groups is 1. The molecule has 4 fully saturated rings. The Bertz CT molecular complexity index is 2230. The number of aromatic nitrogens is 2. The summed E-state index contributed by atoms with van der Waals surface area (Å²) in [5.41, 5.74) is 0.290. The summed E-state index contributed by atoms with van der Waals surface area (Å²) in [5.74, 6) is -0.408. The van der Waals surface area contributed by atoms with E-state index in [0.29, 0.717) is 42.4 Å². The van der Waals surface area contributed by atoms with Crippen LogP contribution in [-0.4, -0.2) is 40.2 Å². The van der Waals surface area contributed by atoms with Crippen molar-refractivity contribution in [3.63, 3.8) is 0 Å². The lowest BCUT2D eigenvalue weighted by atomic mass is 9.43. The van der Waals surface area contributed by atoms with Gasteiger partial charge in [-0.1, -0.05) is 86.1 Å². The Hall–Kier alpha value is -4.13. The van der Waals surface area contributed by atoms with Gasteiger partial charge in [-0.25, -0.2) is 4.98 Å². The van der Waals surface area contributed by atoms with Crippen LogP contribution in [0.3, 0.4) is 0 Å². The van der Waals surface area contributed by atoms with Crippen LogP contribution in [0.25, 0.3) is 10.8 Å². The zero-order chi connectivity index (χ0) is 39.6. The zero-order valence-corrected chi connectivity index (χ0v) is 32.6. The maximum Gasteiger partial charge on any atom is 0.482 e. The van der Waals surface area contributed by atoms with Crippen LogP contribution in [-0.2, 0) is 33.2 Å². The number of rotatable bonds is 12. The first kappa shape index (κ1) is 38.7. The van der Waals surface area contributed by atoms with E-state index in [-0.39, 0.29) is 40.9 Å². The SMILES string of the molecule is C=CC[C@H](NC(=O)[C@@H]1C[C@H](CCCc2ccc3ccccc3c2)c2c(Cl)nc(NCc3cccc(C(F)(F)F)c3)c(=O)n21)B1OC2CC3CC(C3(C)C)[C@@]2(C)O1. The molecule has 0 radical (unpaired) electrons. The van der Waals surface area contributed by atoms with Crippen molar-refractivity contribution in [2.75, 3.05) is 5.32 Å². The van der Waals surface area contributed by atoms with Crippen LogP contribution >= 0.6 is 11.6 Å². The second-order valence-corrected chi connectivity index (χ2v) is 17.2. The van der Waals surface area contributed by atoms with Gasteiger partial charge in [-0.2, -0.15) is 13.2 Å². The Kier molecular flexibility index (Phi) is 10.1. The highest BCUT2D eigenvalue weighted by Crippen LogP contribution is 2.65. The molecular formula is C43H47BClF3N4O4. The van der Waals surface area contributed by atoms with E-state index in [1.165, 1.54) is 27.6 Å². The van der Waals surface area contributed by atoms with Crippen molar-refractivity contribution in [2.24, 2.45) is 17.3 Å². The first-order valence-electron chi connectivity index (χ1n) is 19.6. The Labute approximate surface area is 330 Å². The van der Waals surface area contributed by atoms with Crippen molar-refractivity contribution >= 4 is 41.2 Å². The van der Waals surface area contributed by atoms with Gasteiger partial charge in [0.05, 0.1) is 28.9 Å². The lowest BCUT2D eigenvalue weighted by molar-refractivity contribution is -0.199. The number of hydrogen-bond acceptors (Lipinski definition) is 6. The molecule has 56 heavy (non-hydrogen) atoms. The van der Waals surface area contributed by atoms with Gasteiger partial charge in [0.25, 0.3) is 5.56 Å². The molecule has 13 heteroatoms. The van der Waals surface area contributed by atoms with E-state index in [1.54, 1.807) is 6.08 Å². The second kappa shape index (κ2) is 14.7. The summed E-state index contributed by atoms with van der Waals surface area (Å²) in [6.07, 6.45) is 2.06. The lowest BCUT2D eigenvalue weighted by Gasteiger charge is -2.64. The Morgan fingerprint density at radius 1 is 1.07 bits per heavy atom. The third-order valence-electron chi connectivity index (χ3n) is 13.2. The van der Waals surface area contributed by atoms with Crippen LogP contribution in [0.2, 0.25) is 5.15 Å². The Morgan fingerprint density at radius 3 is 2.61 bits per heavy atom. The number of hydrogen-bond donors (Lipinski definition) is 2. The van der Waals surface area contributed by atoms with Crippen LogP contribution in [0, 0.1) is 17.3 Å². The largest absolute Gasteiger partial charge is 0.482 e. The third-order valence-corrected chi connectivity index (χ3v) is 13.5.